The van der Waals surface area contributed by atoms with Crippen molar-refractivity contribution in [2.45, 2.75) is 12.3 Å². The van der Waals surface area contributed by atoms with Crippen LogP contribution in [-0.4, -0.2) is 11.3 Å². The van der Waals surface area contributed by atoms with E-state index in [1.54, 1.807) is 36.4 Å². The Morgan fingerprint density at radius 2 is 1.50 bits per heavy atom. The lowest BCUT2D eigenvalue weighted by molar-refractivity contribution is -0.0687. The van der Waals surface area contributed by atoms with Gasteiger partial charge in [0.15, 0.2) is 0 Å². The molecule has 104 valence electrons. The molecular formula is C16H13F3O. The molecular weight excluding hydrogens is 265 g/mol. The van der Waals surface area contributed by atoms with Crippen molar-refractivity contribution in [1.82, 2.24) is 0 Å². The van der Waals surface area contributed by atoms with E-state index in [0.717, 1.165) is 0 Å². The second kappa shape index (κ2) is 5.51. The van der Waals surface area contributed by atoms with Crippen LogP contribution in [0.1, 0.15) is 22.8 Å². The van der Waals surface area contributed by atoms with Gasteiger partial charge in [0.05, 0.1) is 5.57 Å². The first-order valence-electron chi connectivity index (χ1n) is 5.99. The zero-order valence-corrected chi connectivity index (χ0v) is 10.6. The van der Waals surface area contributed by atoms with Gasteiger partial charge in [0, 0.05) is 0 Å². The molecule has 2 rings (SSSR count). The molecule has 0 fully saturated rings. The fraction of sp³-hybridized carbons (Fsp3) is 0.125. The average molecular weight is 278 g/mol. The van der Waals surface area contributed by atoms with E-state index >= 15 is 0 Å². The van der Waals surface area contributed by atoms with Crippen LogP contribution in [0.4, 0.5) is 13.2 Å². The Morgan fingerprint density at radius 1 is 0.950 bits per heavy atom. The zero-order valence-electron chi connectivity index (χ0n) is 10.6. The second-order valence-electron chi connectivity index (χ2n) is 4.38. The highest BCUT2D eigenvalue weighted by Crippen LogP contribution is 2.37. The summed E-state index contributed by atoms with van der Waals surface area (Å²) in [6.45, 7) is 3.10. The first kappa shape index (κ1) is 14.3. The van der Waals surface area contributed by atoms with Crippen molar-refractivity contribution in [1.29, 1.82) is 0 Å². The molecule has 1 N–H and O–H groups in total. The highest BCUT2D eigenvalue weighted by atomic mass is 19.4. The molecule has 0 radical (unpaired) electrons. The highest BCUT2D eigenvalue weighted by molar-refractivity contribution is 5.70. The summed E-state index contributed by atoms with van der Waals surface area (Å²) in [4.78, 5) is 0. The minimum Gasteiger partial charge on any atom is -0.384 e. The Morgan fingerprint density at radius 3 is 2.10 bits per heavy atom. The number of aliphatic hydroxyl groups excluding tert-OH is 1. The number of hydrogen-bond acceptors (Lipinski definition) is 1. The summed E-state index contributed by atoms with van der Waals surface area (Å²) in [5.74, 6) is 0. The van der Waals surface area contributed by atoms with Crippen LogP contribution in [0, 0.1) is 0 Å². The molecule has 0 aromatic heterocycles. The summed E-state index contributed by atoms with van der Waals surface area (Å²) >= 11 is 0. The van der Waals surface area contributed by atoms with Crippen molar-refractivity contribution in [3.05, 3.63) is 77.9 Å². The van der Waals surface area contributed by atoms with Gasteiger partial charge in [-0.25, -0.2) is 0 Å². The van der Waals surface area contributed by atoms with Crippen LogP contribution in [0.15, 0.2) is 61.2 Å². The standard InChI is InChI=1S/C16H13F3O/c1-11(16(17,18)19)13-9-5-6-10-14(13)15(20)12-7-3-2-4-8-12/h2-10,15,20H,1H2. The van der Waals surface area contributed by atoms with E-state index in [1.807, 2.05) is 0 Å². The number of aliphatic hydroxyl groups is 1. The maximum atomic E-state index is 12.8. The summed E-state index contributed by atoms with van der Waals surface area (Å²) in [7, 11) is 0. The topological polar surface area (TPSA) is 20.2 Å². The Labute approximate surface area is 115 Å². The number of rotatable bonds is 3. The van der Waals surface area contributed by atoms with E-state index in [-0.39, 0.29) is 11.1 Å². The third kappa shape index (κ3) is 2.91. The normalized spacial score (nSPS) is 13.0. The lowest BCUT2D eigenvalue weighted by Crippen LogP contribution is -2.13. The van der Waals surface area contributed by atoms with E-state index < -0.39 is 17.9 Å². The van der Waals surface area contributed by atoms with Gasteiger partial charge in [-0.2, -0.15) is 13.2 Å². The first-order valence-corrected chi connectivity index (χ1v) is 5.99. The SMILES string of the molecule is C=C(c1ccccc1C(O)c1ccccc1)C(F)(F)F. The molecule has 0 aliphatic heterocycles. The van der Waals surface area contributed by atoms with Gasteiger partial charge in [0.2, 0.25) is 0 Å². The smallest absolute Gasteiger partial charge is 0.384 e. The number of allylic oxidation sites excluding steroid dienone is 1. The molecule has 0 aliphatic carbocycles. The summed E-state index contributed by atoms with van der Waals surface area (Å²) in [5, 5.41) is 10.3. The predicted octanol–water partition coefficient (Wildman–Crippen LogP) is 4.34. The molecule has 2 aromatic carbocycles. The first-order chi connectivity index (χ1) is 9.41. The Balaban J connectivity index is 2.46. The molecule has 0 heterocycles. The summed E-state index contributed by atoms with van der Waals surface area (Å²) in [5.41, 5.74) is -0.310. The Bertz CT molecular complexity index is 603. The molecule has 20 heavy (non-hydrogen) atoms. The maximum Gasteiger partial charge on any atom is 0.416 e. The van der Waals surface area contributed by atoms with Crippen LogP contribution in [0.25, 0.3) is 5.57 Å². The number of hydrogen-bond donors (Lipinski definition) is 1. The van der Waals surface area contributed by atoms with Crippen molar-refractivity contribution in [2.75, 3.05) is 0 Å². The molecule has 2 aromatic rings. The Hall–Kier alpha value is -2.07. The van der Waals surface area contributed by atoms with Crippen molar-refractivity contribution in [3.8, 4) is 0 Å². The van der Waals surface area contributed by atoms with Crippen LogP contribution in [-0.2, 0) is 0 Å². The molecule has 1 unspecified atom stereocenters. The third-order valence-electron chi connectivity index (χ3n) is 3.04. The van der Waals surface area contributed by atoms with Gasteiger partial charge in [-0.3, -0.25) is 0 Å². The largest absolute Gasteiger partial charge is 0.416 e. The quantitative estimate of drug-likeness (QED) is 0.885. The Kier molecular flexibility index (Phi) is 3.95. The molecule has 4 heteroatoms. The van der Waals surface area contributed by atoms with Gasteiger partial charge in [-0.15, -0.1) is 0 Å². The molecule has 0 saturated carbocycles. The minimum absolute atomic E-state index is 0.0867. The van der Waals surface area contributed by atoms with Gasteiger partial charge in [-0.05, 0) is 16.7 Å². The van der Waals surface area contributed by atoms with Crippen LogP contribution in [0.3, 0.4) is 0 Å². The zero-order chi connectivity index (χ0) is 14.8. The maximum absolute atomic E-state index is 12.8. The number of halogens is 3. The van der Waals surface area contributed by atoms with Gasteiger partial charge >= 0.3 is 6.18 Å². The van der Waals surface area contributed by atoms with E-state index in [9.17, 15) is 18.3 Å². The summed E-state index contributed by atoms with van der Waals surface area (Å²) < 4.78 is 38.4. The summed E-state index contributed by atoms with van der Waals surface area (Å²) in [6.07, 6.45) is -5.64. The van der Waals surface area contributed by atoms with Crippen LogP contribution in [0.2, 0.25) is 0 Å². The number of benzene rings is 2. The molecule has 0 spiro atoms. The lowest BCUT2D eigenvalue weighted by Gasteiger charge is -2.18. The predicted molar refractivity (Wildman–Crippen MR) is 72.0 cm³/mol. The van der Waals surface area contributed by atoms with Crippen LogP contribution in [0.5, 0.6) is 0 Å². The summed E-state index contributed by atoms with van der Waals surface area (Å²) in [6, 6.07) is 14.4. The fourth-order valence-electron chi connectivity index (χ4n) is 1.98. The van der Waals surface area contributed by atoms with Crippen LogP contribution < -0.4 is 0 Å². The van der Waals surface area contributed by atoms with Crippen LogP contribution >= 0.6 is 0 Å². The molecule has 1 nitrogen and oxygen atoms in total. The molecule has 0 aliphatic rings. The fourth-order valence-corrected chi connectivity index (χ4v) is 1.98. The van der Waals surface area contributed by atoms with E-state index in [1.165, 1.54) is 18.2 Å². The lowest BCUT2D eigenvalue weighted by atomic mass is 9.93. The van der Waals surface area contributed by atoms with E-state index in [2.05, 4.69) is 6.58 Å². The molecule has 0 bridgehead atoms. The minimum atomic E-state index is -4.52. The van der Waals surface area contributed by atoms with E-state index in [4.69, 9.17) is 0 Å². The third-order valence-corrected chi connectivity index (χ3v) is 3.04. The van der Waals surface area contributed by atoms with Gasteiger partial charge < -0.3 is 5.11 Å². The number of alkyl halides is 3. The highest BCUT2D eigenvalue weighted by Gasteiger charge is 2.34. The molecule has 0 saturated heterocycles. The van der Waals surface area contributed by atoms with E-state index in [0.29, 0.717) is 5.56 Å². The molecule has 1 atom stereocenters. The van der Waals surface area contributed by atoms with Gasteiger partial charge in [-0.1, -0.05) is 61.2 Å². The van der Waals surface area contributed by atoms with Gasteiger partial charge in [0.25, 0.3) is 0 Å². The van der Waals surface area contributed by atoms with Crippen molar-refractivity contribution in [2.24, 2.45) is 0 Å². The second-order valence-corrected chi connectivity index (χ2v) is 4.38. The molecule has 0 amide bonds. The van der Waals surface area contributed by atoms with Crippen molar-refractivity contribution in [3.63, 3.8) is 0 Å². The van der Waals surface area contributed by atoms with Crippen molar-refractivity contribution < 1.29 is 18.3 Å². The average Bonchev–Trinajstić information content (AvgIpc) is 2.45. The van der Waals surface area contributed by atoms with Crippen molar-refractivity contribution >= 4 is 5.57 Å². The van der Waals surface area contributed by atoms with Gasteiger partial charge in [0.1, 0.15) is 6.10 Å². The monoisotopic (exact) mass is 278 g/mol.